The number of aliphatic carboxylic acids is 1. The van der Waals surface area contributed by atoms with E-state index >= 15 is 0 Å². The van der Waals surface area contributed by atoms with Crippen LogP contribution in [0, 0.1) is 0 Å². The fourth-order valence-corrected chi connectivity index (χ4v) is 3.59. The van der Waals surface area contributed by atoms with Crippen LogP contribution in [0.5, 0.6) is 0 Å². The Morgan fingerprint density at radius 2 is 1.70 bits per heavy atom. The highest BCUT2D eigenvalue weighted by molar-refractivity contribution is 7.91. The van der Waals surface area contributed by atoms with Gasteiger partial charge >= 0.3 is 5.97 Å². The topological polar surface area (TPSA) is 110 Å². The summed E-state index contributed by atoms with van der Waals surface area (Å²) in [5.41, 5.74) is 0.963. The Bertz CT molecular complexity index is 878. The van der Waals surface area contributed by atoms with Gasteiger partial charge in [-0.1, -0.05) is 30.3 Å². The minimum absolute atomic E-state index is 0.0738. The number of sulfone groups is 1. The second-order valence-corrected chi connectivity index (χ2v) is 8.00. The Hall–Kier alpha value is -2.71. The molecular formula is C19H21NO6S. The second kappa shape index (κ2) is 9.29. The summed E-state index contributed by atoms with van der Waals surface area (Å²) in [6, 6.07) is 13.2. The maximum atomic E-state index is 12.3. The fourth-order valence-electron chi connectivity index (χ4n) is 2.42. The molecule has 0 heterocycles. The van der Waals surface area contributed by atoms with Gasteiger partial charge < -0.3 is 15.2 Å². The van der Waals surface area contributed by atoms with Gasteiger partial charge in [-0.3, -0.25) is 4.79 Å². The number of benzene rings is 2. The first-order chi connectivity index (χ1) is 12.8. The second-order valence-electron chi connectivity index (χ2n) is 5.89. The van der Waals surface area contributed by atoms with Crippen molar-refractivity contribution in [1.82, 2.24) is 5.32 Å². The van der Waals surface area contributed by atoms with Crippen molar-refractivity contribution in [2.75, 3.05) is 19.5 Å². The van der Waals surface area contributed by atoms with Crippen LogP contribution in [0.25, 0.3) is 0 Å². The van der Waals surface area contributed by atoms with Crippen molar-refractivity contribution < 1.29 is 27.9 Å². The average Bonchev–Trinajstić information content (AvgIpc) is 2.66. The molecule has 0 unspecified atom stereocenters. The van der Waals surface area contributed by atoms with Crippen LogP contribution in [0.15, 0.2) is 59.5 Å². The molecule has 0 aliphatic rings. The number of nitrogens with one attached hydrogen (secondary N) is 1. The van der Waals surface area contributed by atoms with E-state index in [-0.39, 0.29) is 29.2 Å². The van der Waals surface area contributed by atoms with Crippen molar-refractivity contribution in [1.29, 1.82) is 0 Å². The standard InChI is InChI=1S/C19H21NO6S/c1-26-11-12-27(24,25)16-9-7-15(8-10-16)18(21)20-17(19(22)23)13-14-5-3-2-4-6-14/h2-10,17H,11-13H2,1H3,(H,20,21)(H,22,23)/t17-/m0/s1. The van der Waals surface area contributed by atoms with E-state index in [4.69, 9.17) is 4.74 Å². The van der Waals surface area contributed by atoms with Gasteiger partial charge in [-0.25, -0.2) is 13.2 Å². The third-order valence-electron chi connectivity index (χ3n) is 3.92. The van der Waals surface area contributed by atoms with Crippen LogP contribution in [0.1, 0.15) is 15.9 Å². The molecule has 0 aromatic heterocycles. The number of ether oxygens (including phenoxy) is 1. The van der Waals surface area contributed by atoms with Gasteiger partial charge in [0.25, 0.3) is 5.91 Å². The van der Waals surface area contributed by atoms with Gasteiger partial charge in [0.05, 0.1) is 17.3 Å². The van der Waals surface area contributed by atoms with Crippen molar-refractivity contribution in [3.05, 3.63) is 65.7 Å². The predicted molar refractivity (Wildman–Crippen MR) is 99.4 cm³/mol. The monoisotopic (exact) mass is 391 g/mol. The first-order valence-corrected chi connectivity index (χ1v) is 9.88. The molecule has 2 N–H and O–H groups in total. The Balaban J connectivity index is 2.08. The first-order valence-electron chi connectivity index (χ1n) is 8.23. The van der Waals surface area contributed by atoms with Gasteiger partial charge in [-0.15, -0.1) is 0 Å². The molecule has 0 radical (unpaired) electrons. The normalized spacial score (nSPS) is 12.3. The van der Waals surface area contributed by atoms with Crippen LogP contribution < -0.4 is 5.32 Å². The van der Waals surface area contributed by atoms with Gasteiger partial charge in [0.1, 0.15) is 6.04 Å². The molecule has 2 aromatic carbocycles. The van der Waals surface area contributed by atoms with Crippen molar-refractivity contribution in [2.45, 2.75) is 17.4 Å². The molecule has 27 heavy (non-hydrogen) atoms. The van der Waals surface area contributed by atoms with E-state index in [0.717, 1.165) is 5.56 Å². The number of rotatable bonds is 9. The largest absolute Gasteiger partial charge is 0.480 e. The molecule has 0 aliphatic carbocycles. The lowest BCUT2D eigenvalue weighted by molar-refractivity contribution is -0.139. The predicted octanol–water partition coefficient (Wildman–Crippen LogP) is 1.53. The molecule has 0 aliphatic heterocycles. The van der Waals surface area contributed by atoms with Gasteiger partial charge in [-0.2, -0.15) is 0 Å². The maximum Gasteiger partial charge on any atom is 0.326 e. The zero-order valence-corrected chi connectivity index (χ0v) is 15.6. The number of amides is 1. The highest BCUT2D eigenvalue weighted by atomic mass is 32.2. The lowest BCUT2D eigenvalue weighted by Gasteiger charge is -2.15. The van der Waals surface area contributed by atoms with Crippen LogP contribution in [-0.4, -0.2) is 50.9 Å². The Morgan fingerprint density at radius 1 is 1.07 bits per heavy atom. The molecule has 1 atom stereocenters. The molecule has 2 aromatic rings. The van der Waals surface area contributed by atoms with Gasteiger partial charge in [-0.05, 0) is 29.8 Å². The number of carboxylic acid groups (broad SMARTS) is 1. The summed E-state index contributed by atoms with van der Waals surface area (Å²) >= 11 is 0. The zero-order valence-electron chi connectivity index (χ0n) is 14.8. The molecule has 0 bridgehead atoms. The fraction of sp³-hybridized carbons (Fsp3) is 0.263. The summed E-state index contributed by atoms with van der Waals surface area (Å²) in [4.78, 5) is 23.9. The molecule has 144 valence electrons. The van der Waals surface area contributed by atoms with Crippen molar-refractivity contribution in [3.63, 3.8) is 0 Å². The molecule has 8 heteroatoms. The van der Waals surface area contributed by atoms with Gasteiger partial charge in [0, 0.05) is 19.1 Å². The lowest BCUT2D eigenvalue weighted by atomic mass is 10.1. The van der Waals surface area contributed by atoms with Crippen LogP contribution in [0.4, 0.5) is 0 Å². The summed E-state index contributed by atoms with van der Waals surface area (Å²) in [5, 5.41) is 11.8. The number of hydrogen-bond donors (Lipinski definition) is 2. The summed E-state index contributed by atoms with van der Waals surface area (Å²) in [6.07, 6.45) is 0.144. The highest BCUT2D eigenvalue weighted by Crippen LogP contribution is 2.13. The van der Waals surface area contributed by atoms with Crippen LogP contribution in [0.3, 0.4) is 0 Å². The quantitative estimate of drug-likeness (QED) is 0.671. The molecule has 2 rings (SSSR count). The SMILES string of the molecule is COCCS(=O)(=O)c1ccc(C(=O)N[C@@H](Cc2ccccc2)C(=O)O)cc1. The molecule has 7 nitrogen and oxygen atoms in total. The van der Waals surface area contributed by atoms with Crippen molar-refractivity contribution in [3.8, 4) is 0 Å². The maximum absolute atomic E-state index is 12.3. The Kier molecular flexibility index (Phi) is 7.09. The molecule has 0 saturated carbocycles. The van der Waals surface area contributed by atoms with E-state index in [1.54, 1.807) is 24.3 Å². The van der Waals surface area contributed by atoms with Crippen LogP contribution in [-0.2, 0) is 25.8 Å². The Morgan fingerprint density at radius 3 is 2.26 bits per heavy atom. The van der Waals surface area contributed by atoms with Crippen LogP contribution in [0.2, 0.25) is 0 Å². The molecule has 0 spiro atoms. The average molecular weight is 391 g/mol. The Labute approximate surface area is 157 Å². The van der Waals surface area contributed by atoms with Crippen LogP contribution >= 0.6 is 0 Å². The van der Waals surface area contributed by atoms with Gasteiger partial charge in [0.2, 0.25) is 0 Å². The minimum atomic E-state index is -3.49. The number of carboxylic acids is 1. The summed E-state index contributed by atoms with van der Waals surface area (Å²) in [7, 11) is -2.08. The summed E-state index contributed by atoms with van der Waals surface area (Å²) in [5.74, 6) is -1.89. The smallest absolute Gasteiger partial charge is 0.326 e. The molecular weight excluding hydrogens is 370 g/mol. The number of carbonyl (C=O) groups excluding carboxylic acids is 1. The van der Waals surface area contributed by atoms with Crippen molar-refractivity contribution >= 4 is 21.7 Å². The number of methoxy groups -OCH3 is 1. The van der Waals surface area contributed by atoms with E-state index in [0.29, 0.717) is 0 Å². The third-order valence-corrected chi connectivity index (χ3v) is 5.61. The minimum Gasteiger partial charge on any atom is -0.480 e. The molecule has 0 fully saturated rings. The molecule has 1 amide bonds. The molecule has 0 saturated heterocycles. The van der Waals surface area contributed by atoms with Gasteiger partial charge in [0.15, 0.2) is 9.84 Å². The van der Waals surface area contributed by atoms with Crippen molar-refractivity contribution in [2.24, 2.45) is 0 Å². The van der Waals surface area contributed by atoms with E-state index in [9.17, 15) is 23.1 Å². The number of hydrogen-bond acceptors (Lipinski definition) is 5. The van der Waals surface area contributed by atoms with E-state index < -0.39 is 27.8 Å². The van der Waals surface area contributed by atoms with E-state index in [1.165, 1.54) is 31.4 Å². The number of carbonyl (C=O) groups is 2. The third kappa shape index (κ3) is 5.90. The van der Waals surface area contributed by atoms with E-state index in [1.807, 2.05) is 6.07 Å². The summed E-state index contributed by atoms with van der Waals surface area (Å²) in [6.45, 7) is 0.0738. The summed E-state index contributed by atoms with van der Waals surface area (Å²) < 4.78 is 28.9. The first kappa shape index (κ1) is 20.6. The highest BCUT2D eigenvalue weighted by Gasteiger charge is 2.21. The van der Waals surface area contributed by atoms with E-state index in [2.05, 4.69) is 5.32 Å². The lowest BCUT2D eigenvalue weighted by Crippen LogP contribution is -2.42. The zero-order chi connectivity index (χ0) is 19.9.